The Morgan fingerprint density at radius 2 is 1.94 bits per heavy atom. The maximum absolute atomic E-state index is 5.73. The molecule has 0 amide bonds. The van der Waals surface area contributed by atoms with Crippen LogP contribution in [0.3, 0.4) is 0 Å². The maximum atomic E-state index is 5.73. The molecule has 1 aromatic heterocycles. The number of nitrogens with two attached hydrogens (primary N) is 1. The van der Waals surface area contributed by atoms with Crippen molar-refractivity contribution in [2.75, 3.05) is 14.2 Å². The van der Waals surface area contributed by atoms with Gasteiger partial charge < -0.3 is 15.2 Å². The van der Waals surface area contributed by atoms with Gasteiger partial charge in [-0.2, -0.15) is 5.10 Å². The minimum absolute atomic E-state index is 0.175. The third-order valence-electron chi connectivity index (χ3n) is 2.58. The van der Waals surface area contributed by atoms with Crippen LogP contribution in [-0.2, 0) is 0 Å². The molecule has 96 valence electrons. The maximum Gasteiger partial charge on any atom is 0.181 e. The van der Waals surface area contributed by atoms with Crippen LogP contribution in [0.15, 0.2) is 18.2 Å². The lowest BCUT2D eigenvalue weighted by Gasteiger charge is -2.07. The number of hydrogen-bond acceptors (Lipinski definition) is 5. The van der Waals surface area contributed by atoms with Crippen LogP contribution in [0.25, 0.3) is 11.4 Å². The number of aromatic nitrogens is 3. The van der Waals surface area contributed by atoms with E-state index < -0.39 is 0 Å². The van der Waals surface area contributed by atoms with E-state index in [9.17, 15) is 0 Å². The SMILES string of the molecule is COc1ccc(-c2n[nH]c(C(C)N)n2)cc1OC. The molecule has 1 aromatic carbocycles. The fraction of sp³-hybridized carbons (Fsp3) is 0.333. The Kier molecular flexibility index (Phi) is 3.47. The number of methoxy groups -OCH3 is 2. The van der Waals surface area contributed by atoms with Crippen LogP contribution >= 0.6 is 0 Å². The Hall–Kier alpha value is -2.08. The first-order valence-electron chi connectivity index (χ1n) is 5.56. The normalized spacial score (nSPS) is 12.2. The van der Waals surface area contributed by atoms with Gasteiger partial charge in [0.2, 0.25) is 0 Å². The fourth-order valence-electron chi connectivity index (χ4n) is 1.58. The number of aromatic amines is 1. The van der Waals surface area contributed by atoms with Crippen LogP contribution in [0, 0.1) is 0 Å². The van der Waals surface area contributed by atoms with Crippen LogP contribution in [0.1, 0.15) is 18.8 Å². The smallest absolute Gasteiger partial charge is 0.181 e. The molecule has 0 fully saturated rings. The first-order chi connectivity index (χ1) is 8.65. The Labute approximate surface area is 105 Å². The Balaban J connectivity index is 2.38. The van der Waals surface area contributed by atoms with Crippen molar-refractivity contribution in [3.8, 4) is 22.9 Å². The summed E-state index contributed by atoms with van der Waals surface area (Å²) in [6.07, 6.45) is 0. The molecule has 3 N–H and O–H groups in total. The van der Waals surface area contributed by atoms with Crippen molar-refractivity contribution in [2.45, 2.75) is 13.0 Å². The van der Waals surface area contributed by atoms with Gasteiger partial charge in [0, 0.05) is 5.56 Å². The average molecular weight is 248 g/mol. The van der Waals surface area contributed by atoms with E-state index >= 15 is 0 Å². The van der Waals surface area contributed by atoms with Crippen LogP contribution in [0.2, 0.25) is 0 Å². The molecule has 1 atom stereocenters. The third-order valence-corrected chi connectivity index (χ3v) is 2.58. The Morgan fingerprint density at radius 1 is 1.22 bits per heavy atom. The summed E-state index contributed by atoms with van der Waals surface area (Å²) in [7, 11) is 3.19. The molecule has 0 saturated heterocycles. The van der Waals surface area contributed by atoms with Crippen LogP contribution < -0.4 is 15.2 Å². The summed E-state index contributed by atoms with van der Waals surface area (Å²) in [5, 5.41) is 6.94. The standard InChI is InChI=1S/C12H16N4O2/c1-7(13)11-14-12(16-15-11)8-4-5-9(17-2)10(6-8)18-3/h4-7H,13H2,1-3H3,(H,14,15,16). The number of benzene rings is 1. The van der Waals surface area contributed by atoms with Gasteiger partial charge in [-0.1, -0.05) is 0 Å². The number of nitrogens with zero attached hydrogens (tertiary/aromatic N) is 2. The number of ether oxygens (including phenoxy) is 2. The molecule has 0 aliphatic carbocycles. The van der Waals surface area contributed by atoms with Gasteiger partial charge in [0.15, 0.2) is 17.3 Å². The number of hydrogen-bond donors (Lipinski definition) is 2. The highest BCUT2D eigenvalue weighted by atomic mass is 16.5. The minimum Gasteiger partial charge on any atom is -0.493 e. The summed E-state index contributed by atoms with van der Waals surface area (Å²) >= 11 is 0. The zero-order valence-electron chi connectivity index (χ0n) is 10.6. The van der Waals surface area contributed by atoms with E-state index in [1.807, 2.05) is 25.1 Å². The molecule has 1 heterocycles. The van der Waals surface area contributed by atoms with Crippen LogP contribution in [0.5, 0.6) is 11.5 Å². The first-order valence-corrected chi connectivity index (χ1v) is 5.56. The van der Waals surface area contributed by atoms with Crippen molar-refractivity contribution < 1.29 is 9.47 Å². The molecule has 0 radical (unpaired) electrons. The average Bonchev–Trinajstić information content (AvgIpc) is 2.87. The van der Waals surface area contributed by atoms with Gasteiger partial charge in [0.25, 0.3) is 0 Å². The van der Waals surface area contributed by atoms with Gasteiger partial charge in [-0.25, -0.2) is 4.98 Å². The summed E-state index contributed by atoms with van der Waals surface area (Å²) in [6, 6.07) is 5.34. The van der Waals surface area contributed by atoms with Gasteiger partial charge in [-0.15, -0.1) is 0 Å². The Morgan fingerprint density at radius 3 is 2.50 bits per heavy atom. The lowest BCUT2D eigenvalue weighted by Crippen LogP contribution is -2.06. The largest absolute Gasteiger partial charge is 0.493 e. The molecule has 18 heavy (non-hydrogen) atoms. The Bertz CT molecular complexity index is 537. The van der Waals surface area contributed by atoms with Gasteiger partial charge in [-0.05, 0) is 25.1 Å². The topological polar surface area (TPSA) is 86.0 Å². The molecule has 6 heteroatoms. The van der Waals surface area contributed by atoms with Crippen LogP contribution in [0.4, 0.5) is 0 Å². The predicted octanol–water partition coefficient (Wildman–Crippen LogP) is 1.51. The molecule has 1 unspecified atom stereocenters. The quantitative estimate of drug-likeness (QED) is 0.856. The minimum atomic E-state index is -0.175. The van der Waals surface area contributed by atoms with Gasteiger partial charge in [0.1, 0.15) is 5.82 Å². The highest BCUT2D eigenvalue weighted by Crippen LogP contribution is 2.31. The van der Waals surface area contributed by atoms with E-state index in [1.54, 1.807) is 14.2 Å². The van der Waals surface area contributed by atoms with E-state index in [0.29, 0.717) is 23.1 Å². The van der Waals surface area contributed by atoms with Crippen molar-refractivity contribution in [3.05, 3.63) is 24.0 Å². The molecule has 2 aromatic rings. The van der Waals surface area contributed by atoms with E-state index in [4.69, 9.17) is 15.2 Å². The molecule has 0 aliphatic rings. The van der Waals surface area contributed by atoms with Gasteiger partial charge in [-0.3, -0.25) is 5.10 Å². The highest BCUT2D eigenvalue weighted by molar-refractivity contribution is 5.60. The van der Waals surface area contributed by atoms with Crippen molar-refractivity contribution in [1.29, 1.82) is 0 Å². The van der Waals surface area contributed by atoms with Crippen molar-refractivity contribution >= 4 is 0 Å². The lowest BCUT2D eigenvalue weighted by molar-refractivity contribution is 0.355. The van der Waals surface area contributed by atoms with E-state index in [0.717, 1.165) is 5.56 Å². The van der Waals surface area contributed by atoms with Crippen molar-refractivity contribution in [3.63, 3.8) is 0 Å². The molecule has 0 saturated carbocycles. The molecule has 0 spiro atoms. The predicted molar refractivity (Wildman–Crippen MR) is 67.5 cm³/mol. The first kappa shape index (κ1) is 12.4. The monoisotopic (exact) mass is 248 g/mol. The van der Waals surface area contributed by atoms with Crippen molar-refractivity contribution in [1.82, 2.24) is 15.2 Å². The molecular weight excluding hydrogens is 232 g/mol. The van der Waals surface area contributed by atoms with Gasteiger partial charge in [0.05, 0.1) is 20.3 Å². The highest BCUT2D eigenvalue weighted by Gasteiger charge is 2.11. The molecule has 2 rings (SSSR count). The molecule has 0 aliphatic heterocycles. The summed E-state index contributed by atoms with van der Waals surface area (Å²) in [5.74, 6) is 2.55. The lowest BCUT2D eigenvalue weighted by atomic mass is 10.2. The number of nitrogens with one attached hydrogen (secondary N) is 1. The number of rotatable bonds is 4. The zero-order chi connectivity index (χ0) is 13.1. The second-order valence-electron chi connectivity index (χ2n) is 3.90. The number of H-pyrrole nitrogens is 1. The second kappa shape index (κ2) is 5.05. The summed E-state index contributed by atoms with van der Waals surface area (Å²) in [6.45, 7) is 1.85. The van der Waals surface area contributed by atoms with Crippen LogP contribution in [-0.4, -0.2) is 29.4 Å². The fourth-order valence-corrected chi connectivity index (χ4v) is 1.58. The summed E-state index contributed by atoms with van der Waals surface area (Å²) in [5.41, 5.74) is 6.57. The van der Waals surface area contributed by atoms with E-state index in [1.165, 1.54) is 0 Å². The molecular formula is C12H16N4O2. The summed E-state index contributed by atoms with van der Waals surface area (Å²) in [4.78, 5) is 4.32. The van der Waals surface area contributed by atoms with Crippen molar-refractivity contribution in [2.24, 2.45) is 5.73 Å². The van der Waals surface area contributed by atoms with E-state index in [-0.39, 0.29) is 6.04 Å². The molecule has 6 nitrogen and oxygen atoms in total. The summed E-state index contributed by atoms with van der Waals surface area (Å²) < 4.78 is 10.4. The second-order valence-corrected chi connectivity index (χ2v) is 3.90. The van der Waals surface area contributed by atoms with Gasteiger partial charge >= 0.3 is 0 Å². The third kappa shape index (κ3) is 2.28. The molecule has 0 bridgehead atoms. The zero-order valence-corrected chi connectivity index (χ0v) is 10.6. The van der Waals surface area contributed by atoms with E-state index in [2.05, 4.69) is 15.2 Å².